The van der Waals surface area contributed by atoms with Crippen LogP contribution in [0.3, 0.4) is 0 Å². The smallest absolute Gasteiger partial charge is 0.0948 e. The highest BCUT2D eigenvalue weighted by Crippen LogP contribution is 2.19. The molecule has 78 valence electrons. The third kappa shape index (κ3) is 3.40. The predicted molar refractivity (Wildman–Crippen MR) is 62.4 cm³/mol. The summed E-state index contributed by atoms with van der Waals surface area (Å²) in [4.78, 5) is 0. The Bertz CT molecular complexity index is 254. The van der Waals surface area contributed by atoms with E-state index < -0.39 is 0 Å². The van der Waals surface area contributed by atoms with Crippen molar-refractivity contribution in [3.8, 4) is 0 Å². The van der Waals surface area contributed by atoms with Gasteiger partial charge in [-0.2, -0.15) is 0 Å². The van der Waals surface area contributed by atoms with Crippen LogP contribution >= 0.6 is 15.9 Å². The molecule has 2 nitrogen and oxygen atoms in total. The Labute approximate surface area is 93.8 Å². The summed E-state index contributed by atoms with van der Waals surface area (Å²) >= 11 is 3.42. The largest absolute Gasteiger partial charge is 0.372 e. The molecule has 0 radical (unpaired) electrons. The Kier molecular flexibility index (Phi) is 5.15. The van der Waals surface area contributed by atoms with Crippen molar-refractivity contribution in [2.75, 3.05) is 20.2 Å². The minimum Gasteiger partial charge on any atom is -0.372 e. The molecule has 0 fully saturated rings. The molecule has 0 bridgehead atoms. The van der Waals surface area contributed by atoms with Crippen LogP contribution in [0.2, 0.25) is 0 Å². The molecule has 3 heteroatoms. The number of ether oxygens (including phenoxy) is 1. The highest BCUT2D eigenvalue weighted by molar-refractivity contribution is 9.10. The van der Waals surface area contributed by atoms with Gasteiger partial charge in [0.15, 0.2) is 0 Å². The van der Waals surface area contributed by atoms with E-state index in [1.807, 2.05) is 26.1 Å². The molecule has 1 aromatic carbocycles. The molecule has 0 aliphatic heterocycles. The Morgan fingerprint density at radius 2 is 2.00 bits per heavy atom. The van der Waals surface area contributed by atoms with Crippen LogP contribution in [0.15, 0.2) is 28.7 Å². The minimum atomic E-state index is 0.151. The molecular formula is C11H16BrNO. The van der Waals surface area contributed by atoms with Crippen molar-refractivity contribution in [1.29, 1.82) is 0 Å². The Hall–Kier alpha value is -0.380. The molecule has 0 amide bonds. The third-order valence-corrected chi connectivity index (χ3v) is 2.53. The van der Waals surface area contributed by atoms with Crippen molar-refractivity contribution < 1.29 is 4.74 Å². The molecular weight excluding hydrogens is 242 g/mol. The van der Waals surface area contributed by atoms with Crippen LogP contribution in [0, 0.1) is 0 Å². The predicted octanol–water partition coefficient (Wildman–Crippen LogP) is 2.75. The third-order valence-electron chi connectivity index (χ3n) is 2.00. The Morgan fingerprint density at radius 1 is 1.36 bits per heavy atom. The number of rotatable bonds is 5. The lowest BCUT2D eigenvalue weighted by molar-refractivity contribution is 0.0638. The van der Waals surface area contributed by atoms with Crippen molar-refractivity contribution in [3.05, 3.63) is 34.3 Å². The van der Waals surface area contributed by atoms with Crippen molar-refractivity contribution in [2.24, 2.45) is 0 Å². The first-order valence-electron chi connectivity index (χ1n) is 4.79. The lowest BCUT2D eigenvalue weighted by Gasteiger charge is -2.16. The first-order valence-corrected chi connectivity index (χ1v) is 5.59. The fourth-order valence-electron chi connectivity index (χ4n) is 1.34. The van der Waals surface area contributed by atoms with Gasteiger partial charge in [0, 0.05) is 17.6 Å². The SMILES string of the molecule is CCO[C@H](CNC)c1ccc(Br)cc1. The molecule has 0 aliphatic carbocycles. The second-order valence-corrected chi connectivity index (χ2v) is 3.97. The molecule has 0 aliphatic rings. The highest BCUT2D eigenvalue weighted by Gasteiger charge is 2.09. The molecule has 0 unspecified atom stereocenters. The summed E-state index contributed by atoms with van der Waals surface area (Å²) in [5.74, 6) is 0. The first-order chi connectivity index (χ1) is 6.77. The zero-order valence-corrected chi connectivity index (χ0v) is 10.2. The van der Waals surface area contributed by atoms with Crippen molar-refractivity contribution in [2.45, 2.75) is 13.0 Å². The maximum atomic E-state index is 5.63. The number of hydrogen-bond donors (Lipinski definition) is 1. The fraction of sp³-hybridized carbons (Fsp3) is 0.455. The summed E-state index contributed by atoms with van der Waals surface area (Å²) < 4.78 is 6.73. The van der Waals surface area contributed by atoms with E-state index in [-0.39, 0.29) is 6.10 Å². The Balaban J connectivity index is 2.71. The molecule has 0 saturated carbocycles. The van der Waals surface area contributed by atoms with Crippen LogP contribution in [0.1, 0.15) is 18.6 Å². The van der Waals surface area contributed by atoms with Gasteiger partial charge in [-0.3, -0.25) is 0 Å². The maximum absolute atomic E-state index is 5.63. The van der Waals surface area contributed by atoms with Crippen molar-refractivity contribution in [3.63, 3.8) is 0 Å². The second-order valence-electron chi connectivity index (χ2n) is 3.05. The normalized spacial score (nSPS) is 12.8. The van der Waals surface area contributed by atoms with Crippen LogP contribution in [0.4, 0.5) is 0 Å². The molecule has 0 spiro atoms. The van der Waals surface area contributed by atoms with Gasteiger partial charge < -0.3 is 10.1 Å². The van der Waals surface area contributed by atoms with Crippen molar-refractivity contribution >= 4 is 15.9 Å². The zero-order chi connectivity index (χ0) is 10.4. The Morgan fingerprint density at radius 3 is 2.50 bits per heavy atom. The summed E-state index contributed by atoms with van der Waals surface area (Å²) in [5.41, 5.74) is 1.21. The van der Waals surface area contributed by atoms with Crippen LogP contribution in [0.5, 0.6) is 0 Å². The number of halogens is 1. The van der Waals surface area contributed by atoms with Gasteiger partial charge in [-0.05, 0) is 31.7 Å². The average molecular weight is 258 g/mol. The average Bonchev–Trinajstić information content (AvgIpc) is 2.19. The lowest BCUT2D eigenvalue weighted by Crippen LogP contribution is -2.19. The van der Waals surface area contributed by atoms with Gasteiger partial charge in [0.25, 0.3) is 0 Å². The summed E-state index contributed by atoms with van der Waals surface area (Å²) in [6, 6.07) is 8.25. The van der Waals surface area contributed by atoms with Gasteiger partial charge in [-0.1, -0.05) is 28.1 Å². The lowest BCUT2D eigenvalue weighted by atomic mass is 10.1. The summed E-state index contributed by atoms with van der Waals surface area (Å²) in [7, 11) is 1.94. The van der Waals surface area contributed by atoms with Crippen molar-refractivity contribution in [1.82, 2.24) is 5.32 Å². The zero-order valence-electron chi connectivity index (χ0n) is 8.59. The molecule has 1 atom stereocenters. The quantitative estimate of drug-likeness (QED) is 0.876. The summed E-state index contributed by atoms with van der Waals surface area (Å²) in [6.45, 7) is 3.60. The van der Waals surface area contributed by atoms with E-state index in [1.54, 1.807) is 0 Å². The number of likely N-dealkylation sites (N-methyl/N-ethyl adjacent to an activating group) is 1. The van der Waals surface area contributed by atoms with Gasteiger partial charge >= 0.3 is 0 Å². The molecule has 0 aromatic heterocycles. The summed E-state index contributed by atoms with van der Waals surface area (Å²) in [6.07, 6.45) is 0.151. The number of hydrogen-bond acceptors (Lipinski definition) is 2. The second kappa shape index (κ2) is 6.17. The fourth-order valence-corrected chi connectivity index (χ4v) is 1.60. The van der Waals surface area contributed by atoms with E-state index in [9.17, 15) is 0 Å². The van der Waals surface area contributed by atoms with E-state index in [0.717, 1.165) is 17.6 Å². The molecule has 1 aromatic rings. The van der Waals surface area contributed by atoms with Gasteiger partial charge in [-0.15, -0.1) is 0 Å². The number of nitrogens with one attached hydrogen (secondary N) is 1. The van der Waals surface area contributed by atoms with E-state index >= 15 is 0 Å². The molecule has 0 heterocycles. The van der Waals surface area contributed by atoms with Gasteiger partial charge in [0.2, 0.25) is 0 Å². The van der Waals surface area contributed by atoms with E-state index in [4.69, 9.17) is 4.74 Å². The molecule has 0 saturated heterocycles. The number of benzene rings is 1. The minimum absolute atomic E-state index is 0.151. The van der Waals surface area contributed by atoms with Crippen LogP contribution in [0.25, 0.3) is 0 Å². The van der Waals surface area contributed by atoms with E-state index in [0.29, 0.717) is 0 Å². The topological polar surface area (TPSA) is 21.3 Å². The van der Waals surface area contributed by atoms with Crippen LogP contribution in [-0.2, 0) is 4.74 Å². The monoisotopic (exact) mass is 257 g/mol. The van der Waals surface area contributed by atoms with Crippen LogP contribution < -0.4 is 5.32 Å². The molecule has 1 N–H and O–H groups in total. The van der Waals surface area contributed by atoms with Gasteiger partial charge in [0.05, 0.1) is 6.10 Å². The van der Waals surface area contributed by atoms with Gasteiger partial charge in [0.1, 0.15) is 0 Å². The van der Waals surface area contributed by atoms with E-state index in [1.165, 1.54) is 5.56 Å². The highest BCUT2D eigenvalue weighted by atomic mass is 79.9. The van der Waals surface area contributed by atoms with Gasteiger partial charge in [-0.25, -0.2) is 0 Å². The maximum Gasteiger partial charge on any atom is 0.0948 e. The molecule has 14 heavy (non-hydrogen) atoms. The summed E-state index contributed by atoms with van der Waals surface area (Å²) in [5, 5.41) is 3.13. The molecule has 1 rings (SSSR count). The standard InChI is InChI=1S/C11H16BrNO/c1-3-14-11(8-13-2)9-4-6-10(12)7-5-9/h4-7,11,13H,3,8H2,1-2H3/t11-/m1/s1. The van der Waals surface area contributed by atoms with E-state index in [2.05, 4.69) is 33.4 Å². The van der Waals surface area contributed by atoms with Crippen LogP contribution in [-0.4, -0.2) is 20.2 Å². The first kappa shape index (κ1) is 11.7.